The van der Waals surface area contributed by atoms with Crippen LogP contribution in [0.15, 0.2) is 30.5 Å². The number of likely N-dealkylation sites (N-methyl/N-ethyl adjacent to an activating group) is 1. The minimum Gasteiger partial charge on any atom is -0.350 e. The van der Waals surface area contributed by atoms with Gasteiger partial charge < -0.3 is 15.1 Å². The minimum atomic E-state index is -0.253. The summed E-state index contributed by atoms with van der Waals surface area (Å²) in [6, 6.07) is 6.36. The molecular weight excluding hydrogens is 391 g/mol. The summed E-state index contributed by atoms with van der Waals surface area (Å²) in [6.07, 6.45) is 1.81. The van der Waals surface area contributed by atoms with Gasteiger partial charge in [-0.1, -0.05) is 12.1 Å². The van der Waals surface area contributed by atoms with Crippen LogP contribution in [0.4, 0.5) is 27.4 Å². The van der Waals surface area contributed by atoms with Crippen molar-refractivity contribution in [2.24, 2.45) is 0 Å². The zero-order valence-electron chi connectivity index (χ0n) is 16.4. The van der Waals surface area contributed by atoms with Crippen molar-refractivity contribution in [3.63, 3.8) is 0 Å². The second-order valence-corrected chi connectivity index (χ2v) is 8.19. The summed E-state index contributed by atoms with van der Waals surface area (Å²) in [5.41, 5.74) is 0.943. The average molecular weight is 415 g/mol. The molecule has 1 aliphatic heterocycles. The van der Waals surface area contributed by atoms with Crippen LogP contribution in [0, 0.1) is 12.7 Å². The lowest BCUT2D eigenvalue weighted by Gasteiger charge is -2.32. The first-order valence-corrected chi connectivity index (χ1v) is 10.2. The fraction of sp³-hybridized carbons (Fsp3) is 0.368. The highest BCUT2D eigenvalue weighted by Crippen LogP contribution is 2.22. The molecule has 1 aromatic carbocycles. The topological polar surface area (TPSA) is 82.1 Å². The van der Waals surface area contributed by atoms with E-state index in [1.165, 1.54) is 12.1 Å². The Kier molecular flexibility index (Phi) is 5.81. The van der Waals surface area contributed by atoms with Crippen molar-refractivity contribution in [3.8, 4) is 0 Å². The van der Waals surface area contributed by atoms with Gasteiger partial charge >= 0.3 is 0 Å². The van der Waals surface area contributed by atoms with Gasteiger partial charge in [-0.15, -0.1) is 11.3 Å². The van der Waals surface area contributed by atoms with Crippen molar-refractivity contribution in [2.45, 2.75) is 13.5 Å². The van der Waals surface area contributed by atoms with Gasteiger partial charge in [0, 0.05) is 43.8 Å². The standard InChI is InChI=1S/C19H23FN8S/c1-13-11-22-19(29-13)26-17-23-16(21-12-14-3-5-15(20)6-4-14)24-18(25-17)28-9-7-27(2)8-10-28/h3-6,11H,7-10,12H2,1-2H3,(H2,21,22,23,24,25,26). The fourth-order valence-electron chi connectivity index (χ4n) is 2.94. The van der Waals surface area contributed by atoms with Crippen LogP contribution < -0.4 is 15.5 Å². The molecule has 0 spiro atoms. The molecule has 3 aromatic rings. The summed E-state index contributed by atoms with van der Waals surface area (Å²) in [5.74, 6) is 1.29. The predicted molar refractivity (Wildman–Crippen MR) is 113 cm³/mol. The number of nitrogens with one attached hydrogen (secondary N) is 2. The first-order chi connectivity index (χ1) is 14.0. The van der Waals surface area contributed by atoms with E-state index >= 15 is 0 Å². The highest BCUT2D eigenvalue weighted by atomic mass is 32.1. The van der Waals surface area contributed by atoms with Crippen LogP contribution in [0.1, 0.15) is 10.4 Å². The molecule has 3 heterocycles. The van der Waals surface area contributed by atoms with Crippen molar-refractivity contribution in [2.75, 3.05) is 48.8 Å². The first-order valence-electron chi connectivity index (χ1n) is 9.42. The van der Waals surface area contributed by atoms with E-state index in [1.54, 1.807) is 23.5 Å². The van der Waals surface area contributed by atoms with E-state index in [4.69, 9.17) is 0 Å². The molecule has 2 N–H and O–H groups in total. The molecule has 0 unspecified atom stereocenters. The maximum Gasteiger partial charge on any atom is 0.235 e. The molecule has 8 nitrogen and oxygen atoms in total. The molecule has 29 heavy (non-hydrogen) atoms. The molecule has 1 aliphatic rings. The van der Waals surface area contributed by atoms with Crippen LogP contribution >= 0.6 is 11.3 Å². The SMILES string of the molecule is Cc1cnc(Nc2nc(NCc3ccc(F)cc3)nc(N3CCN(C)CC3)n2)s1. The van der Waals surface area contributed by atoms with Crippen LogP contribution in [0.3, 0.4) is 0 Å². The van der Waals surface area contributed by atoms with Gasteiger partial charge in [0.25, 0.3) is 0 Å². The van der Waals surface area contributed by atoms with Crippen molar-refractivity contribution >= 4 is 34.3 Å². The molecule has 0 aliphatic carbocycles. The minimum absolute atomic E-state index is 0.253. The number of halogens is 1. The summed E-state index contributed by atoms with van der Waals surface area (Å²) in [7, 11) is 2.11. The van der Waals surface area contributed by atoms with Gasteiger partial charge in [-0.3, -0.25) is 5.32 Å². The molecule has 0 amide bonds. The van der Waals surface area contributed by atoms with E-state index < -0.39 is 0 Å². The Labute approximate surface area is 172 Å². The average Bonchev–Trinajstić information content (AvgIpc) is 3.12. The number of hydrogen-bond donors (Lipinski definition) is 2. The zero-order chi connectivity index (χ0) is 20.2. The third kappa shape index (κ3) is 5.15. The van der Waals surface area contributed by atoms with Crippen LogP contribution in [0.5, 0.6) is 0 Å². The van der Waals surface area contributed by atoms with E-state index in [2.05, 4.69) is 47.4 Å². The third-order valence-electron chi connectivity index (χ3n) is 4.61. The second kappa shape index (κ2) is 8.66. The maximum atomic E-state index is 13.1. The fourth-order valence-corrected chi connectivity index (χ4v) is 3.60. The van der Waals surface area contributed by atoms with E-state index in [1.807, 2.05) is 13.1 Å². The maximum absolute atomic E-state index is 13.1. The smallest absolute Gasteiger partial charge is 0.235 e. The first kappa shape index (κ1) is 19.5. The van der Waals surface area contributed by atoms with Gasteiger partial charge in [0.2, 0.25) is 17.8 Å². The largest absolute Gasteiger partial charge is 0.350 e. The molecular formula is C19H23FN8S. The Hall–Kier alpha value is -2.85. The molecule has 0 radical (unpaired) electrons. The van der Waals surface area contributed by atoms with Crippen LogP contribution in [-0.2, 0) is 6.54 Å². The van der Waals surface area contributed by atoms with Crippen molar-refractivity contribution in [1.82, 2.24) is 24.8 Å². The summed E-state index contributed by atoms with van der Waals surface area (Å²) >= 11 is 1.54. The lowest BCUT2D eigenvalue weighted by Crippen LogP contribution is -2.45. The lowest BCUT2D eigenvalue weighted by atomic mass is 10.2. The highest BCUT2D eigenvalue weighted by molar-refractivity contribution is 7.15. The van der Waals surface area contributed by atoms with Crippen molar-refractivity contribution in [1.29, 1.82) is 0 Å². The lowest BCUT2D eigenvalue weighted by molar-refractivity contribution is 0.311. The van der Waals surface area contributed by atoms with E-state index in [-0.39, 0.29) is 5.82 Å². The molecule has 10 heteroatoms. The van der Waals surface area contributed by atoms with Crippen LogP contribution in [0.2, 0.25) is 0 Å². The Morgan fingerprint density at radius 1 is 1.03 bits per heavy atom. The number of piperazine rings is 1. The molecule has 0 atom stereocenters. The number of anilines is 4. The van der Waals surface area contributed by atoms with Gasteiger partial charge in [0.05, 0.1) is 0 Å². The Balaban J connectivity index is 1.55. The van der Waals surface area contributed by atoms with Crippen LogP contribution in [-0.4, -0.2) is 58.1 Å². The number of benzene rings is 1. The second-order valence-electron chi connectivity index (χ2n) is 6.95. The third-order valence-corrected chi connectivity index (χ3v) is 5.44. The van der Waals surface area contributed by atoms with Gasteiger partial charge in [-0.05, 0) is 31.7 Å². The Bertz CT molecular complexity index is 953. The number of rotatable bonds is 6. The van der Waals surface area contributed by atoms with Crippen molar-refractivity contribution < 1.29 is 4.39 Å². The molecule has 0 saturated carbocycles. The molecule has 4 rings (SSSR count). The number of thiazole rings is 1. The van der Waals surface area contributed by atoms with E-state index in [0.717, 1.165) is 41.8 Å². The molecule has 1 fully saturated rings. The monoisotopic (exact) mass is 414 g/mol. The Morgan fingerprint density at radius 2 is 1.76 bits per heavy atom. The Morgan fingerprint density at radius 3 is 2.45 bits per heavy atom. The summed E-state index contributed by atoms with van der Waals surface area (Å²) in [6.45, 7) is 6.11. The number of hydrogen-bond acceptors (Lipinski definition) is 9. The highest BCUT2D eigenvalue weighted by Gasteiger charge is 2.19. The number of aromatic nitrogens is 4. The molecule has 152 valence electrons. The summed E-state index contributed by atoms with van der Waals surface area (Å²) in [4.78, 5) is 23.6. The van der Waals surface area contributed by atoms with Gasteiger partial charge in [0.1, 0.15) is 5.82 Å². The molecule has 1 saturated heterocycles. The normalized spacial score (nSPS) is 14.8. The van der Waals surface area contributed by atoms with Crippen LogP contribution in [0.25, 0.3) is 0 Å². The molecule has 2 aromatic heterocycles. The van der Waals surface area contributed by atoms with Gasteiger partial charge in [-0.25, -0.2) is 9.37 Å². The van der Waals surface area contributed by atoms with Gasteiger partial charge in [0.15, 0.2) is 5.13 Å². The number of nitrogens with zero attached hydrogens (tertiary/aromatic N) is 6. The quantitative estimate of drug-likeness (QED) is 0.637. The van der Waals surface area contributed by atoms with E-state index in [9.17, 15) is 4.39 Å². The zero-order valence-corrected chi connectivity index (χ0v) is 17.2. The van der Waals surface area contributed by atoms with Gasteiger partial charge in [-0.2, -0.15) is 15.0 Å². The molecule has 0 bridgehead atoms. The predicted octanol–water partition coefficient (Wildman–Crippen LogP) is 2.88. The summed E-state index contributed by atoms with van der Waals surface area (Å²) in [5, 5.41) is 7.14. The van der Waals surface area contributed by atoms with Crippen molar-refractivity contribution in [3.05, 3.63) is 46.7 Å². The summed E-state index contributed by atoms with van der Waals surface area (Å²) < 4.78 is 13.1. The van der Waals surface area contributed by atoms with E-state index in [0.29, 0.717) is 24.4 Å². The number of aryl methyl sites for hydroxylation is 1.